The molecule has 0 aromatic carbocycles. The van der Waals surface area contributed by atoms with Gasteiger partial charge in [0.05, 0.1) is 6.54 Å². The molecule has 0 amide bonds. The molecule has 0 spiro atoms. The summed E-state index contributed by atoms with van der Waals surface area (Å²) in [6, 6.07) is 0.603. The number of aryl methyl sites for hydroxylation is 1. The molecule has 90 valence electrons. The number of nitrogens with one attached hydrogen (secondary N) is 1. The van der Waals surface area contributed by atoms with E-state index < -0.39 is 0 Å². The fourth-order valence-corrected chi connectivity index (χ4v) is 2.75. The van der Waals surface area contributed by atoms with E-state index in [1.54, 1.807) is 0 Å². The zero-order valence-electron chi connectivity index (χ0n) is 10.4. The Morgan fingerprint density at radius 1 is 1.19 bits per heavy atom. The van der Waals surface area contributed by atoms with Crippen molar-refractivity contribution in [2.75, 3.05) is 0 Å². The predicted octanol–water partition coefficient (Wildman–Crippen LogP) is 2.29. The van der Waals surface area contributed by atoms with E-state index in [0.717, 1.165) is 11.8 Å². The maximum Gasteiger partial charge on any atom is 0.230 e. The second-order valence-electron chi connectivity index (χ2n) is 5.21. The minimum absolute atomic E-state index is 0.603. The molecule has 0 bridgehead atoms. The second-order valence-corrected chi connectivity index (χ2v) is 5.21. The molecule has 2 unspecified atom stereocenters. The molecule has 1 saturated carbocycles. The summed E-state index contributed by atoms with van der Waals surface area (Å²) in [5, 5.41) is 11.3. The maximum absolute atomic E-state index is 5.34. The lowest BCUT2D eigenvalue weighted by atomic mass is 9.80. The monoisotopic (exact) mass is 223 g/mol. The molecule has 4 nitrogen and oxygen atoms in total. The van der Waals surface area contributed by atoms with Gasteiger partial charge in [0.1, 0.15) is 0 Å². The third-order valence-electron chi connectivity index (χ3n) is 3.29. The Morgan fingerprint density at radius 3 is 2.44 bits per heavy atom. The van der Waals surface area contributed by atoms with Gasteiger partial charge in [-0.2, -0.15) is 0 Å². The van der Waals surface area contributed by atoms with Gasteiger partial charge in [0, 0.05) is 13.0 Å². The molecule has 1 aliphatic rings. The van der Waals surface area contributed by atoms with Crippen molar-refractivity contribution in [1.82, 2.24) is 15.5 Å². The average Bonchev–Trinajstić information content (AvgIpc) is 2.60. The normalized spacial score (nSPS) is 30.6. The Labute approximate surface area is 96.8 Å². The molecule has 2 atom stereocenters. The quantitative estimate of drug-likeness (QED) is 0.854. The van der Waals surface area contributed by atoms with Crippen molar-refractivity contribution in [3.8, 4) is 0 Å². The van der Waals surface area contributed by atoms with Gasteiger partial charge in [-0.25, -0.2) is 0 Å². The highest BCUT2D eigenvalue weighted by Gasteiger charge is 2.23. The van der Waals surface area contributed by atoms with Crippen molar-refractivity contribution in [3.05, 3.63) is 11.8 Å². The first-order chi connectivity index (χ1) is 7.63. The maximum atomic E-state index is 5.34. The third-order valence-corrected chi connectivity index (χ3v) is 3.29. The van der Waals surface area contributed by atoms with E-state index in [4.69, 9.17) is 4.42 Å². The number of nitrogens with zero attached hydrogens (tertiary/aromatic N) is 2. The molecular weight excluding hydrogens is 202 g/mol. The first-order valence-corrected chi connectivity index (χ1v) is 6.16. The van der Waals surface area contributed by atoms with Crippen molar-refractivity contribution in [1.29, 1.82) is 0 Å². The van der Waals surface area contributed by atoms with E-state index in [1.807, 2.05) is 6.92 Å². The number of rotatable bonds is 3. The van der Waals surface area contributed by atoms with Crippen LogP contribution in [0.3, 0.4) is 0 Å². The van der Waals surface area contributed by atoms with E-state index in [9.17, 15) is 0 Å². The van der Waals surface area contributed by atoms with Crippen LogP contribution in [0.1, 0.15) is 44.9 Å². The van der Waals surface area contributed by atoms with Gasteiger partial charge in [0.15, 0.2) is 0 Å². The Hall–Kier alpha value is -0.900. The van der Waals surface area contributed by atoms with Gasteiger partial charge in [0.25, 0.3) is 0 Å². The lowest BCUT2D eigenvalue weighted by Crippen LogP contribution is -2.35. The lowest BCUT2D eigenvalue weighted by molar-refractivity contribution is 0.233. The smallest absolute Gasteiger partial charge is 0.230 e. The molecule has 1 heterocycles. The van der Waals surface area contributed by atoms with E-state index in [2.05, 4.69) is 29.4 Å². The molecule has 0 radical (unpaired) electrons. The molecule has 0 saturated heterocycles. The summed E-state index contributed by atoms with van der Waals surface area (Å²) < 4.78 is 5.34. The lowest BCUT2D eigenvalue weighted by Gasteiger charge is -2.31. The molecule has 0 aliphatic heterocycles. The summed E-state index contributed by atoms with van der Waals surface area (Å²) in [5.41, 5.74) is 0. The second kappa shape index (κ2) is 4.95. The molecule has 1 aromatic heterocycles. The van der Waals surface area contributed by atoms with Crippen LogP contribution in [0.2, 0.25) is 0 Å². The van der Waals surface area contributed by atoms with Crippen LogP contribution in [0.5, 0.6) is 0 Å². The summed E-state index contributed by atoms with van der Waals surface area (Å²) in [5.74, 6) is 2.99. The molecule has 1 fully saturated rings. The Bertz CT molecular complexity index is 327. The van der Waals surface area contributed by atoms with Gasteiger partial charge in [-0.1, -0.05) is 13.8 Å². The van der Waals surface area contributed by atoms with Gasteiger partial charge in [-0.3, -0.25) is 0 Å². The molecule has 4 heteroatoms. The summed E-state index contributed by atoms with van der Waals surface area (Å²) in [6.07, 6.45) is 3.88. The van der Waals surface area contributed by atoms with Crippen LogP contribution < -0.4 is 5.32 Å². The summed E-state index contributed by atoms with van der Waals surface area (Å²) in [6.45, 7) is 7.19. The fourth-order valence-electron chi connectivity index (χ4n) is 2.75. The molecule has 1 aromatic rings. The highest BCUT2D eigenvalue weighted by atomic mass is 16.4. The topological polar surface area (TPSA) is 51.0 Å². The van der Waals surface area contributed by atoms with E-state index in [0.29, 0.717) is 24.4 Å². The molecule has 16 heavy (non-hydrogen) atoms. The van der Waals surface area contributed by atoms with E-state index in [1.165, 1.54) is 19.3 Å². The van der Waals surface area contributed by atoms with Crippen LogP contribution in [0.25, 0.3) is 0 Å². The van der Waals surface area contributed by atoms with Gasteiger partial charge < -0.3 is 9.73 Å². The summed E-state index contributed by atoms with van der Waals surface area (Å²) >= 11 is 0. The first kappa shape index (κ1) is 11.6. The zero-order valence-corrected chi connectivity index (χ0v) is 10.4. The summed E-state index contributed by atoms with van der Waals surface area (Å²) in [7, 11) is 0. The van der Waals surface area contributed by atoms with Crippen LogP contribution in [0, 0.1) is 18.8 Å². The van der Waals surface area contributed by atoms with Gasteiger partial charge >= 0.3 is 0 Å². The van der Waals surface area contributed by atoms with Crippen LogP contribution in [0.15, 0.2) is 4.42 Å². The van der Waals surface area contributed by atoms with Gasteiger partial charge in [-0.15, -0.1) is 10.2 Å². The average molecular weight is 223 g/mol. The standard InChI is InChI=1S/C12H21N3O/c1-8-4-9(2)6-11(5-8)13-7-12-15-14-10(3)16-12/h8-9,11,13H,4-7H2,1-3H3. The molecule has 2 rings (SSSR count). The van der Waals surface area contributed by atoms with Crippen LogP contribution in [-0.2, 0) is 6.54 Å². The Kier molecular flexibility index (Phi) is 3.59. The van der Waals surface area contributed by atoms with Crippen LogP contribution in [-0.4, -0.2) is 16.2 Å². The van der Waals surface area contributed by atoms with Crippen LogP contribution >= 0.6 is 0 Å². The van der Waals surface area contributed by atoms with Crippen molar-refractivity contribution >= 4 is 0 Å². The third kappa shape index (κ3) is 3.04. The Balaban J connectivity index is 1.81. The van der Waals surface area contributed by atoms with Crippen molar-refractivity contribution in [3.63, 3.8) is 0 Å². The van der Waals surface area contributed by atoms with Gasteiger partial charge in [0.2, 0.25) is 11.8 Å². The number of aromatic nitrogens is 2. The molecule has 1 aliphatic carbocycles. The van der Waals surface area contributed by atoms with E-state index >= 15 is 0 Å². The number of hydrogen-bond donors (Lipinski definition) is 1. The number of hydrogen-bond acceptors (Lipinski definition) is 4. The molecular formula is C12H21N3O. The largest absolute Gasteiger partial charge is 0.424 e. The van der Waals surface area contributed by atoms with Crippen LogP contribution in [0.4, 0.5) is 0 Å². The van der Waals surface area contributed by atoms with E-state index in [-0.39, 0.29) is 0 Å². The van der Waals surface area contributed by atoms with Gasteiger partial charge in [-0.05, 0) is 31.1 Å². The fraction of sp³-hybridized carbons (Fsp3) is 0.833. The predicted molar refractivity (Wildman–Crippen MR) is 61.8 cm³/mol. The SMILES string of the molecule is Cc1nnc(CNC2CC(C)CC(C)C2)o1. The zero-order chi connectivity index (χ0) is 11.5. The highest BCUT2D eigenvalue weighted by Crippen LogP contribution is 2.28. The minimum Gasteiger partial charge on any atom is -0.424 e. The van der Waals surface area contributed by atoms with Crippen molar-refractivity contribution in [2.24, 2.45) is 11.8 Å². The molecule has 1 N–H and O–H groups in total. The van der Waals surface area contributed by atoms with Crippen molar-refractivity contribution in [2.45, 2.75) is 52.6 Å². The summed E-state index contributed by atoms with van der Waals surface area (Å²) in [4.78, 5) is 0. The highest BCUT2D eigenvalue weighted by molar-refractivity contribution is 4.83. The Morgan fingerprint density at radius 2 is 1.88 bits per heavy atom. The van der Waals surface area contributed by atoms with Crippen molar-refractivity contribution < 1.29 is 4.42 Å². The minimum atomic E-state index is 0.603. The first-order valence-electron chi connectivity index (χ1n) is 6.16.